The Labute approximate surface area is 265 Å². The molecule has 1 heterocycles. The molecule has 2 fully saturated rings. The van der Waals surface area contributed by atoms with Crippen LogP contribution in [0.25, 0.3) is 0 Å². The molecule has 2 aromatic carbocycles. The number of hydrogen-bond donors (Lipinski definition) is 1. The Hall–Kier alpha value is -2.94. The standard InChI is InChI=1S/C36H52N2O6.H2/c1-5-44-33-22-32(41-4)17-16-31(33)24-42-19-20-43-25-38-18-10-15-30(23-38)28-13-9-14-29(21-28)36(40)37-34(35(39)26(2)3)27-11-7-6-8-12-27;/h9,13-14,16-17,21-22,26-27,30,34H,5-8,10-12,15,18-20,23-25H2,1-4H3,(H,37,40);1H/t30?,34-;/m1./s1. The zero-order valence-electron chi connectivity index (χ0n) is 27.1. The predicted molar refractivity (Wildman–Crippen MR) is 174 cm³/mol. The van der Waals surface area contributed by atoms with E-state index in [4.69, 9.17) is 18.9 Å². The molecule has 1 N–H and O–H groups in total. The number of carbonyl (C=O) groups is 2. The van der Waals surface area contributed by atoms with E-state index in [-0.39, 0.29) is 25.0 Å². The lowest BCUT2D eigenvalue weighted by Gasteiger charge is -2.33. The maximum absolute atomic E-state index is 13.4. The fourth-order valence-corrected chi connectivity index (χ4v) is 6.42. The number of Topliss-reactive ketones (excluding diaryl/α,β-unsaturated/α-hetero) is 1. The van der Waals surface area contributed by atoms with E-state index in [1.807, 2.05) is 57.2 Å². The largest absolute Gasteiger partial charge is 0.497 e. The van der Waals surface area contributed by atoms with Gasteiger partial charge in [0.25, 0.3) is 5.91 Å². The van der Waals surface area contributed by atoms with E-state index in [1.54, 1.807) is 7.11 Å². The highest BCUT2D eigenvalue weighted by atomic mass is 16.5. The number of ether oxygens (including phenoxy) is 4. The van der Waals surface area contributed by atoms with Crippen LogP contribution in [0.2, 0.25) is 0 Å². The Morgan fingerprint density at radius 3 is 2.55 bits per heavy atom. The molecule has 0 radical (unpaired) electrons. The number of methoxy groups -OCH3 is 1. The number of ketones is 1. The van der Waals surface area contributed by atoms with E-state index >= 15 is 0 Å². The molecule has 44 heavy (non-hydrogen) atoms. The Kier molecular flexibility index (Phi) is 13.5. The summed E-state index contributed by atoms with van der Waals surface area (Å²) >= 11 is 0. The van der Waals surface area contributed by atoms with Crippen molar-refractivity contribution in [3.63, 3.8) is 0 Å². The minimum absolute atomic E-state index is 0. The number of piperidine rings is 1. The summed E-state index contributed by atoms with van der Waals surface area (Å²) in [7, 11) is 1.64. The van der Waals surface area contributed by atoms with Crippen molar-refractivity contribution in [1.82, 2.24) is 10.2 Å². The fourth-order valence-electron chi connectivity index (χ4n) is 6.42. The van der Waals surface area contributed by atoms with Crippen molar-refractivity contribution < 1.29 is 30.0 Å². The van der Waals surface area contributed by atoms with E-state index in [1.165, 1.54) is 12.0 Å². The van der Waals surface area contributed by atoms with Crippen molar-refractivity contribution in [3.8, 4) is 11.5 Å². The van der Waals surface area contributed by atoms with Crippen LogP contribution in [-0.4, -0.2) is 69.4 Å². The van der Waals surface area contributed by atoms with E-state index in [0.717, 1.165) is 68.7 Å². The fraction of sp³-hybridized carbons (Fsp3) is 0.611. The molecule has 2 aromatic rings. The van der Waals surface area contributed by atoms with Gasteiger partial charge in [-0.3, -0.25) is 14.5 Å². The molecule has 1 amide bonds. The first-order chi connectivity index (χ1) is 21.4. The number of nitrogens with one attached hydrogen (secondary N) is 1. The number of likely N-dealkylation sites (tertiary alicyclic amines) is 1. The van der Waals surface area contributed by atoms with Gasteiger partial charge < -0.3 is 24.3 Å². The van der Waals surface area contributed by atoms with Gasteiger partial charge in [0, 0.05) is 37.6 Å². The summed E-state index contributed by atoms with van der Waals surface area (Å²) in [4.78, 5) is 28.8. The van der Waals surface area contributed by atoms with Crippen LogP contribution in [0.1, 0.15) is 94.5 Å². The van der Waals surface area contributed by atoms with E-state index in [9.17, 15) is 9.59 Å². The van der Waals surface area contributed by atoms with E-state index in [2.05, 4.69) is 16.3 Å². The topological polar surface area (TPSA) is 86.3 Å². The van der Waals surface area contributed by atoms with Crippen molar-refractivity contribution >= 4 is 11.7 Å². The van der Waals surface area contributed by atoms with Crippen molar-refractivity contribution in [2.24, 2.45) is 11.8 Å². The third-order valence-electron chi connectivity index (χ3n) is 8.89. The maximum atomic E-state index is 13.4. The van der Waals surface area contributed by atoms with Crippen molar-refractivity contribution in [2.75, 3.05) is 46.8 Å². The molecule has 0 bridgehead atoms. The second-order valence-corrected chi connectivity index (χ2v) is 12.4. The van der Waals surface area contributed by atoms with Crippen molar-refractivity contribution in [2.45, 2.75) is 84.3 Å². The van der Waals surface area contributed by atoms with Gasteiger partial charge >= 0.3 is 0 Å². The van der Waals surface area contributed by atoms with Gasteiger partial charge in [-0.2, -0.15) is 0 Å². The van der Waals surface area contributed by atoms with Gasteiger partial charge in [0.1, 0.15) is 11.5 Å². The third-order valence-corrected chi connectivity index (χ3v) is 8.89. The first-order valence-electron chi connectivity index (χ1n) is 16.5. The molecule has 0 aromatic heterocycles. The zero-order valence-corrected chi connectivity index (χ0v) is 27.1. The van der Waals surface area contributed by atoms with Crippen LogP contribution >= 0.6 is 0 Å². The Bertz CT molecular complexity index is 1200. The summed E-state index contributed by atoms with van der Waals surface area (Å²) in [6.07, 6.45) is 7.64. The molecule has 1 unspecified atom stereocenters. The molecule has 8 nitrogen and oxygen atoms in total. The SMILES string of the molecule is CCOc1cc(OC)ccc1COCCOCN1CCCC(c2cccc(C(=O)N[C@@H](C(=O)C(C)C)C3CCCCC3)c2)C1.[HH]. The van der Waals surface area contributed by atoms with Crippen LogP contribution in [0.3, 0.4) is 0 Å². The average molecular weight is 611 g/mol. The first-order valence-corrected chi connectivity index (χ1v) is 16.5. The second kappa shape index (κ2) is 17.5. The molecule has 1 aliphatic heterocycles. The molecule has 1 saturated carbocycles. The smallest absolute Gasteiger partial charge is 0.251 e. The van der Waals surface area contributed by atoms with Gasteiger partial charge in [-0.15, -0.1) is 0 Å². The normalized spacial score (nSPS) is 18.6. The third kappa shape index (κ3) is 9.78. The number of carbonyl (C=O) groups excluding carboxylic acids is 2. The molecular formula is C36H54N2O6. The molecule has 2 atom stereocenters. The summed E-state index contributed by atoms with van der Waals surface area (Å²) < 4.78 is 22.9. The van der Waals surface area contributed by atoms with Crippen molar-refractivity contribution in [1.29, 1.82) is 0 Å². The summed E-state index contributed by atoms with van der Waals surface area (Å²) in [6.45, 7) is 10.3. The van der Waals surface area contributed by atoms with Crippen LogP contribution in [0, 0.1) is 11.8 Å². The van der Waals surface area contributed by atoms with Gasteiger partial charge in [0.15, 0.2) is 5.78 Å². The summed E-state index contributed by atoms with van der Waals surface area (Å²) in [5.74, 6) is 2.00. The molecule has 2 aliphatic rings. The number of rotatable bonds is 16. The van der Waals surface area contributed by atoms with Gasteiger partial charge in [-0.1, -0.05) is 45.2 Å². The lowest BCUT2D eigenvalue weighted by molar-refractivity contribution is -0.125. The molecule has 244 valence electrons. The highest BCUT2D eigenvalue weighted by Gasteiger charge is 2.32. The number of hydrogen-bond acceptors (Lipinski definition) is 7. The summed E-state index contributed by atoms with van der Waals surface area (Å²) in [5, 5.41) is 3.15. The number of nitrogens with zero attached hydrogens (tertiary/aromatic N) is 1. The minimum Gasteiger partial charge on any atom is -0.497 e. The van der Waals surface area contributed by atoms with Gasteiger partial charge in [-0.05, 0) is 74.3 Å². The quantitative estimate of drug-likeness (QED) is 0.214. The second-order valence-electron chi connectivity index (χ2n) is 12.4. The molecule has 1 aliphatic carbocycles. The van der Waals surface area contributed by atoms with Gasteiger partial charge in [-0.25, -0.2) is 0 Å². The molecule has 8 heteroatoms. The Morgan fingerprint density at radius 2 is 1.80 bits per heavy atom. The van der Waals surface area contributed by atoms with Gasteiger partial charge in [0.2, 0.25) is 0 Å². The monoisotopic (exact) mass is 610 g/mol. The van der Waals surface area contributed by atoms with Crippen LogP contribution in [0.4, 0.5) is 0 Å². The predicted octanol–water partition coefficient (Wildman–Crippen LogP) is 6.61. The lowest BCUT2D eigenvalue weighted by atomic mass is 9.80. The van der Waals surface area contributed by atoms with Gasteiger partial charge in [0.05, 0.1) is 46.3 Å². The average Bonchev–Trinajstić information content (AvgIpc) is 3.06. The number of amides is 1. The Morgan fingerprint density at radius 1 is 1.00 bits per heavy atom. The van der Waals surface area contributed by atoms with E-state index in [0.29, 0.717) is 44.6 Å². The van der Waals surface area contributed by atoms with Crippen LogP contribution < -0.4 is 14.8 Å². The Balaban J connectivity index is 0.00000552. The highest BCUT2D eigenvalue weighted by molar-refractivity contribution is 5.98. The molecule has 0 spiro atoms. The first kappa shape index (κ1) is 33.9. The molecule has 1 saturated heterocycles. The van der Waals surface area contributed by atoms with Crippen LogP contribution in [0.5, 0.6) is 11.5 Å². The number of benzene rings is 2. The molecule has 4 rings (SSSR count). The maximum Gasteiger partial charge on any atom is 0.251 e. The summed E-state index contributed by atoms with van der Waals surface area (Å²) in [6, 6.07) is 13.3. The van der Waals surface area contributed by atoms with Crippen LogP contribution in [-0.2, 0) is 20.9 Å². The van der Waals surface area contributed by atoms with E-state index < -0.39 is 6.04 Å². The van der Waals surface area contributed by atoms with Crippen LogP contribution in [0.15, 0.2) is 42.5 Å². The van der Waals surface area contributed by atoms with Crippen molar-refractivity contribution in [3.05, 3.63) is 59.2 Å². The summed E-state index contributed by atoms with van der Waals surface area (Å²) in [5.41, 5.74) is 2.79. The lowest BCUT2D eigenvalue weighted by Crippen LogP contribution is -2.48. The highest BCUT2D eigenvalue weighted by Crippen LogP contribution is 2.30. The molecular weight excluding hydrogens is 556 g/mol. The zero-order chi connectivity index (χ0) is 31.3. The minimum atomic E-state index is -0.402.